The molecule has 1 heterocycles. The van der Waals surface area contributed by atoms with E-state index in [9.17, 15) is 4.79 Å². The lowest BCUT2D eigenvalue weighted by atomic mass is 10.1. The third-order valence-electron chi connectivity index (χ3n) is 3.06. The van der Waals surface area contributed by atoms with Crippen molar-refractivity contribution >= 4 is 21.6 Å². The lowest BCUT2D eigenvalue weighted by Crippen LogP contribution is -2.10. The van der Waals surface area contributed by atoms with Crippen LogP contribution in [0, 0.1) is 0 Å². The fourth-order valence-electron chi connectivity index (χ4n) is 2.07. The molecule has 0 unspecified atom stereocenters. The Balaban J connectivity index is 2.09. The Morgan fingerprint density at radius 1 is 1.05 bits per heavy atom. The highest BCUT2D eigenvalue weighted by Crippen LogP contribution is 2.20. The van der Waals surface area contributed by atoms with Gasteiger partial charge in [-0.15, -0.1) is 0 Å². The summed E-state index contributed by atoms with van der Waals surface area (Å²) in [6.07, 6.45) is 0.640. The first-order valence-electron chi connectivity index (χ1n) is 6.11. The maximum Gasteiger partial charge on any atom is 0.273 e. The summed E-state index contributed by atoms with van der Waals surface area (Å²) >= 11 is 1.45. The van der Waals surface area contributed by atoms with Crippen LogP contribution in [0.2, 0.25) is 0 Å². The molecule has 19 heavy (non-hydrogen) atoms. The minimum Gasteiger partial charge on any atom is -0.396 e. The zero-order valence-corrected chi connectivity index (χ0v) is 11.1. The highest BCUT2D eigenvalue weighted by Gasteiger charge is 2.08. The summed E-state index contributed by atoms with van der Waals surface area (Å²) in [6.45, 7) is 0.141. The van der Waals surface area contributed by atoms with Crippen molar-refractivity contribution in [3.05, 3.63) is 64.4 Å². The van der Waals surface area contributed by atoms with E-state index in [4.69, 9.17) is 5.11 Å². The van der Waals surface area contributed by atoms with Gasteiger partial charge in [0.25, 0.3) is 5.56 Å². The second kappa shape index (κ2) is 4.99. The van der Waals surface area contributed by atoms with Gasteiger partial charge < -0.3 is 5.11 Å². The number of nitrogens with zero attached hydrogens (tertiary/aromatic N) is 1. The maximum absolute atomic E-state index is 12.3. The van der Waals surface area contributed by atoms with E-state index >= 15 is 0 Å². The minimum atomic E-state index is 0.0236. The van der Waals surface area contributed by atoms with Crippen LogP contribution in [-0.2, 0) is 6.42 Å². The molecule has 0 aliphatic heterocycles. The molecule has 1 aromatic heterocycles. The summed E-state index contributed by atoms with van der Waals surface area (Å²) in [5, 5.41) is 9.65. The Morgan fingerprint density at radius 2 is 1.79 bits per heavy atom. The molecule has 0 aliphatic rings. The topological polar surface area (TPSA) is 42.2 Å². The van der Waals surface area contributed by atoms with E-state index in [1.54, 1.807) is 3.96 Å². The number of hydrogen-bond acceptors (Lipinski definition) is 3. The first-order chi connectivity index (χ1) is 9.29. The average molecular weight is 271 g/mol. The summed E-state index contributed by atoms with van der Waals surface area (Å²) < 4.78 is 2.69. The Morgan fingerprint density at radius 3 is 2.47 bits per heavy atom. The van der Waals surface area contributed by atoms with Crippen molar-refractivity contribution in [2.24, 2.45) is 0 Å². The molecular formula is C15H13NO2S. The number of rotatable bonds is 3. The molecule has 0 fully saturated rings. The molecule has 96 valence electrons. The number of aliphatic hydroxyl groups excluding tert-OH is 1. The van der Waals surface area contributed by atoms with E-state index in [2.05, 4.69) is 0 Å². The largest absolute Gasteiger partial charge is 0.396 e. The van der Waals surface area contributed by atoms with E-state index in [0.717, 1.165) is 21.3 Å². The van der Waals surface area contributed by atoms with Gasteiger partial charge in [-0.25, -0.2) is 3.96 Å². The molecule has 0 aliphatic carbocycles. The third-order valence-corrected chi connectivity index (χ3v) is 4.17. The summed E-state index contributed by atoms with van der Waals surface area (Å²) in [4.78, 5) is 12.3. The second-order valence-corrected chi connectivity index (χ2v) is 5.31. The number of aromatic nitrogens is 1. The standard InChI is InChI=1S/C15H13NO2S/c17-10-9-11-5-7-12(8-6-11)16-15(18)13-3-1-2-4-14(13)19-16/h1-8,17H,9-10H2. The molecule has 0 amide bonds. The fraction of sp³-hybridized carbons (Fsp3) is 0.133. The molecule has 4 heteroatoms. The molecule has 2 aromatic carbocycles. The lowest BCUT2D eigenvalue weighted by molar-refractivity contribution is 0.299. The zero-order chi connectivity index (χ0) is 13.2. The van der Waals surface area contributed by atoms with Crippen molar-refractivity contribution < 1.29 is 5.11 Å². The van der Waals surface area contributed by atoms with Crippen LogP contribution in [0.1, 0.15) is 5.56 Å². The summed E-state index contributed by atoms with van der Waals surface area (Å²) in [5.41, 5.74) is 1.96. The van der Waals surface area contributed by atoms with Gasteiger partial charge in [0.1, 0.15) is 0 Å². The molecule has 0 spiro atoms. The molecule has 1 N–H and O–H groups in total. The van der Waals surface area contributed by atoms with Crippen molar-refractivity contribution in [1.82, 2.24) is 3.96 Å². The first kappa shape index (κ1) is 12.1. The summed E-state index contributed by atoms with van der Waals surface area (Å²) in [7, 11) is 0. The van der Waals surface area contributed by atoms with Crippen molar-refractivity contribution in [3.8, 4) is 5.69 Å². The van der Waals surface area contributed by atoms with E-state index in [-0.39, 0.29) is 12.2 Å². The normalized spacial score (nSPS) is 11.0. The van der Waals surface area contributed by atoms with Crippen LogP contribution in [0.25, 0.3) is 15.8 Å². The third kappa shape index (κ3) is 2.20. The number of benzene rings is 2. The van der Waals surface area contributed by atoms with Gasteiger partial charge in [-0.2, -0.15) is 0 Å². The highest BCUT2D eigenvalue weighted by molar-refractivity contribution is 7.14. The molecule has 0 radical (unpaired) electrons. The van der Waals surface area contributed by atoms with Crippen LogP contribution in [0.3, 0.4) is 0 Å². The fourth-order valence-corrected chi connectivity index (χ4v) is 3.07. The SMILES string of the molecule is O=c1c2ccccc2sn1-c1ccc(CCO)cc1. The van der Waals surface area contributed by atoms with Crippen LogP contribution < -0.4 is 5.56 Å². The summed E-state index contributed by atoms with van der Waals surface area (Å²) in [6, 6.07) is 15.4. The van der Waals surface area contributed by atoms with Gasteiger partial charge in [-0.05, 0) is 36.2 Å². The van der Waals surface area contributed by atoms with Crippen LogP contribution in [-0.4, -0.2) is 15.7 Å². The van der Waals surface area contributed by atoms with Crippen molar-refractivity contribution in [1.29, 1.82) is 0 Å². The molecule has 3 rings (SSSR count). The molecule has 3 aromatic rings. The predicted molar refractivity (Wildman–Crippen MR) is 78.2 cm³/mol. The smallest absolute Gasteiger partial charge is 0.273 e. The number of aliphatic hydroxyl groups is 1. The number of fused-ring (bicyclic) bond motifs is 1. The highest BCUT2D eigenvalue weighted by atomic mass is 32.1. The zero-order valence-electron chi connectivity index (χ0n) is 10.2. The number of hydrogen-bond donors (Lipinski definition) is 1. The predicted octanol–water partition coefficient (Wildman–Crippen LogP) is 2.59. The molecule has 0 atom stereocenters. The van der Waals surface area contributed by atoms with Crippen LogP contribution in [0.4, 0.5) is 0 Å². The molecular weight excluding hydrogens is 258 g/mol. The molecule has 0 saturated carbocycles. The van der Waals surface area contributed by atoms with Gasteiger partial charge in [-0.3, -0.25) is 4.79 Å². The van der Waals surface area contributed by atoms with Gasteiger partial charge in [0.05, 0.1) is 15.8 Å². The van der Waals surface area contributed by atoms with Crippen LogP contribution in [0.15, 0.2) is 53.3 Å². The quantitative estimate of drug-likeness (QED) is 0.795. The molecule has 0 saturated heterocycles. The first-order valence-corrected chi connectivity index (χ1v) is 6.88. The van der Waals surface area contributed by atoms with Gasteiger partial charge in [0, 0.05) is 6.61 Å². The Labute approximate surface area is 114 Å². The van der Waals surface area contributed by atoms with Crippen molar-refractivity contribution in [2.75, 3.05) is 6.61 Å². The Kier molecular flexibility index (Phi) is 3.19. The molecule has 3 nitrogen and oxygen atoms in total. The van der Waals surface area contributed by atoms with Gasteiger partial charge >= 0.3 is 0 Å². The lowest BCUT2D eigenvalue weighted by Gasteiger charge is -2.02. The Hall–Kier alpha value is -1.91. The van der Waals surface area contributed by atoms with Gasteiger partial charge in [0.2, 0.25) is 0 Å². The monoisotopic (exact) mass is 271 g/mol. The van der Waals surface area contributed by atoms with E-state index in [1.807, 2.05) is 48.5 Å². The minimum absolute atomic E-state index is 0.0236. The van der Waals surface area contributed by atoms with E-state index < -0.39 is 0 Å². The van der Waals surface area contributed by atoms with Crippen molar-refractivity contribution in [2.45, 2.75) is 6.42 Å². The maximum atomic E-state index is 12.3. The van der Waals surface area contributed by atoms with Crippen LogP contribution in [0.5, 0.6) is 0 Å². The average Bonchev–Trinajstić information content (AvgIpc) is 2.78. The molecule has 0 bridgehead atoms. The summed E-state index contributed by atoms with van der Waals surface area (Å²) in [5.74, 6) is 0. The van der Waals surface area contributed by atoms with Crippen molar-refractivity contribution in [3.63, 3.8) is 0 Å². The van der Waals surface area contributed by atoms with E-state index in [1.165, 1.54) is 11.5 Å². The van der Waals surface area contributed by atoms with E-state index in [0.29, 0.717) is 6.42 Å². The van der Waals surface area contributed by atoms with Gasteiger partial charge in [0.15, 0.2) is 0 Å². The Bertz CT molecular complexity index is 756. The second-order valence-electron chi connectivity index (χ2n) is 4.33. The van der Waals surface area contributed by atoms with Gasteiger partial charge in [-0.1, -0.05) is 35.8 Å². The van der Waals surface area contributed by atoms with Crippen LogP contribution >= 0.6 is 11.5 Å².